The van der Waals surface area contributed by atoms with Crippen LogP contribution in [0.4, 0.5) is 5.69 Å². The summed E-state index contributed by atoms with van der Waals surface area (Å²) >= 11 is 1.65. The molecule has 1 N–H and O–H groups in total. The Hall–Kier alpha value is -1.83. The lowest BCUT2D eigenvalue weighted by Gasteiger charge is -2.18. The molecule has 2 rings (SSSR count). The van der Waals surface area contributed by atoms with Gasteiger partial charge < -0.3 is 5.32 Å². The van der Waals surface area contributed by atoms with Crippen LogP contribution in [-0.4, -0.2) is 38.0 Å². The summed E-state index contributed by atoms with van der Waals surface area (Å²) in [6, 6.07) is 14.5. The minimum absolute atomic E-state index is 0.0632. The van der Waals surface area contributed by atoms with Gasteiger partial charge in [0.2, 0.25) is 15.9 Å². The van der Waals surface area contributed by atoms with Crippen LogP contribution < -0.4 is 5.32 Å². The third-order valence-electron chi connectivity index (χ3n) is 4.28. The van der Waals surface area contributed by atoms with Gasteiger partial charge in [0, 0.05) is 30.1 Å². The third-order valence-corrected chi connectivity index (χ3v) is 7.09. The molecule has 0 saturated carbocycles. The Kier molecular flexibility index (Phi) is 7.89. The summed E-state index contributed by atoms with van der Waals surface area (Å²) in [5, 5.41) is 2.88. The number of nitrogens with zero attached hydrogens (tertiary/aromatic N) is 1. The van der Waals surface area contributed by atoms with Crippen molar-refractivity contribution in [3.63, 3.8) is 0 Å². The minimum Gasteiger partial charge on any atom is -0.326 e. The van der Waals surface area contributed by atoms with Crippen molar-refractivity contribution in [3.8, 4) is 0 Å². The van der Waals surface area contributed by atoms with Gasteiger partial charge in [-0.05, 0) is 54.6 Å². The fourth-order valence-electron chi connectivity index (χ4n) is 2.70. The number of carbonyl (C=O) groups is 1. The van der Waals surface area contributed by atoms with E-state index in [1.54, 1.807) is 36.0 Å². The van der Waals surface area contributed by atoms with Gasteiger partial charge in [-0.25, -0.2) is 8.42 Å². The van der Waals surface area contributed by atoms with Crippen molar-refractivity contribution < 1.29 is 13.2 Å². The first-order valence-corrected chi connectivity index (χ1v) is 11.6. The Bertz CT molecular complexity index is 844. The molecule has 5 nitrogen and oxygen atoms in total. The second-order valence-corrected chi connectivity index (χ2v) is 8.83. The number of amides is 1. The van der Waals surface area contributed by atoms with Gasteiger partial charge >= 0.3 is 0 Å². The third kappa shape index (κ3) is 5.82. The van der Waals surface area contributed by atoms with Crippen LogP contribution in [0, 0.1) is 0 Å². The first kappa shape index (κ1) is 21.5. The van der Waals surface area contributed by atoms with Gasteiger partial charge in [0.25, 0.3) is 0 Å². The summed E-state index contributed by atoms with van der Waals surface area (Å²) < 4.78 is 26.4. The zero-order valence-electron chi connectivity index (χ0n) is 15.9. The summed E-state index contributed by atoms with van der Waals surface area (Å²) in [4.78, 5) is 13.5. The molecule has 0 atom stereocenters. The molecule has 7 heteroatoms. The summed E-state index contributed by atoms with van der Waals surface area (Å²) in [5.74, 6) is -0.0632. The molecular weight excluding hydrogens is 380 g/mol. The molecule has 0 aliphatic rings. The number of hydrogen-bond donors (Lipinski definition) is 1. The van der Waals surface area contributed by atoms with E-state index in [9.17, 15) is 13.2 Å². The standard InChI is InChI=1S/C20H26N2O3S2/c1-4-22(5-2)27(24,25)19-13-6-16(7-14-19)8-15-20(23)21-17-9-11-18(26-3)12-10-17/h6-7,9-14H,4-5,8,15H2,1-3H3,(H,21,23). The maximum atomic E-state index is 12.5. The highest BCUT2D eigenvalue weighted by molar-refractivity contribution is 7.98. The van der Waals surface area contributed by atoms with Crippen molar-refractivity contribution in [2.24, 2.45) is 0 Å². The van der Waals surface area contributed by atoms with E-state index in [4.69, 9.17) is 0 Å². The average molecular weight is 407 g/mol. The molecule has 27 heavy (non-hydrogen) atoms. The number of hydrogen-bond acceptors (Lipinski definition) is 4. The molecule has 2 aromatic rings. The highest BCUT2D eigenvalue weighted by Crippen LogP contribution is 2.19. The molecule has 0 bridgehead atoms. The van der Waals surface area contributed by atoms with Crippen LogP contribution in [0.5, 0.6) is 0 Å². The lowest BCUT2D eigenvalue weighted by molar-refractivity contribution is -0.116. The van der Waals surface area contributed by atoms with Crippen LogP contribution in [0.25, 0.3) is 0 Å². The Balaban J connectivity index is 1.93. The maximum absolute atomic E-state index is 12.5. The van der Waals surface area contributed by atoms with Gasteiger partial charge in [0.15, 0.2) is 0 Å². The number of thioether (sulfide) groups is 1. The van der Waals surface area contributed by atoms with Crippen LogP contribution in [0.3, 0.4) is 0 Å². The molecule has 146 valence electrons. The fraction of sp³-hybridized carbons (Fsp3) is 0.350. The van der Waals surface area contributed by atoms with Gasteiger partial charge in [-0.3, -0.25) is 4.79 Å². The van der Waals surface area contributed by atoms with Crippen LogP contribution in [0.1, 0.15) is 25.8 Å². The molecule has 1 amide bonds. The van der Waals surface area contributed by atoms with Gasteiger partial charge in [0.05, 0.1) is 4.90 Å². The molecule has 0 aromatic heterocycles. The lowest BCUT2D eigenvalue weighted by atomic mass is 10.1. The van der Waals surface area contributed by atoms with E-state index in [2.05, 4.69) is 5.32 Å². The van der Waals surface area contributed by atoms with Crippen molar-refractivity contribution in [2.75, 3.05) is 24.7 Å². The van der Waals surface area contributed by atoms with E-state index in [1.807, 2.05) is 44.4 Å². The number of nitrogens with one attached hydrogen (secondary N) is 1. The Labute approximate surface area is 166 Å². The molecule has 0 saturated heterocycles. The molecule has 2 aromatic carbocycles. The number of rotatable bonds is 9. The second kappa shape index (κ2) is 9.92. The van der Waals surface area contributed by atoms with Crippen molar-refractivity contribution in [1.29, 1.82) is 0 Å². The first-order chi connectivity index (χ1) is 12.9. The monoisotopic (exact) mass is 406 g/mol. The smallest absolute Gasteiger partial charge is 0.243 e. The van der Waals surface area contributed by atoms with Gasteiger partial charge in [-0.1, -0.05) is 26.0 Å². The first-order valence-electron chi connectivity index (χ1n) is 8.93. The Morgan fingerprint density at radius 1 is 1.00 bits per heavy atom. The largest absolute Gasteiger partial charge is 0.326 e. The zero-order valence-corrected chi connectivity index (χ0v) is 17.6. The average Bonchev–Trinajstić information content (AvgIpc) is 2.68. The van der Waals surface area contributed by atoms with E-state index in [0.717, 1.165) is 16.1 Å². The molecular formula is C20H26N2O3S2. The van der Waals surface area contributed by atoms with Crippen molar-refractivity contribution >= 4 is 33.4 Å². The SMILES string of the molecule is CCN(CC)S(=O)(=O)c1ccc(CCC(=O)Nc2ccc(SC)cc2)cc1. The number of aryl methyl sites for hydroxylation is 1. The van der Waals surface area contributed by atoms with E-state index in [1.165, 1.54) is 4.31 Å². The molecule has 0 radical (unpaired) electrons. The zero-order chi connectivity index (χ0) is 19.9. The maximum Gasteiger partial charge on any atom is 0.243 e. The topological polar surface area (TPSA) is 66.5 Å². The van der Waals surface area contributed by atoms with Crippen LogP contribution in [0.15, 0.2) is 58.3 Å². The predicted octanol–water partition coefficient (Wildman–Crippen LogP) is 4.01. The Morgan fingerprint density at radius 2 is 1.59 bits per heavy atom. The van der Waals surface area contributed by atoms with E-state index >= 15 is 0 Å². The van der Waals surface area contributed by atoms with E-state index in [0.29, 0.717) is 25.9 Å². The quantitative estimate of drug-likeness (QED) is 0.639. The molecule has 0 aliphatic heterocycles. The molecule has 0 heterocycles. The van der Waals surface area contributed by atoms with Crippen LogP contribution >= 0.6 is 11.8 Å². The van der Waals surface area contributed by atoms with Gasteiger partial charge in [-0.2, -0.15) is 4.31 Å². The van der Waals surface area contributed by atoms with E-state index < -0.39 is 10.0 Å². The highest BCUT2D eigenvalue weighted by Gasteiger charge is 2.21. The lowest BCUT2D eigenvalue weighted by Crippen LogP contribution is -2.30. The molecule has 0 fully saturated rings. The van der Waals surface area contributed by atoms with Crippen LogP contribution in [0.2, 0.25) is 0 Å². The summed E-state index contributed by atoms with van der Waals surface area (Å²) in [6.45, 7) is 4.53. The minimum atomic E-state index is -3.44. The van der Waals surface area contributed by atoms with Crippen molar-refractivity contribution in [1.82, 2.24) is 4.31 Å². The highest BCUT2D eigenvalue weighted by atomic mass is 32.2. The van der Waals surface area contributed by atoms with Crippen LogP contribution in [-0.2, 0) is 21.2 Å². The van der Waals surface area contributed by atoms with Gasteiger partial charge in [-0.15, -0.1) is 11.8 Å². The number of benzene rings is 2. The normalized spacial score (nSPS) is 11.6. The summed E-state index contributed by atoms with van der Waals surface area (Å²) in [6.07, 6.45) is 2.90. The van der Waals surface area contributed by atoms with Crippen molar-refractivity contribution in [2.45, 2.75) is 36.5 Å². The van der Waals surface area contributed by atoms with Crippen molar-refractivity contribution in [3.05, 3.63) is 54.1 Å². The summed E-state index contributed by atoms with van der Waals surface area (Å²) in [5.41, 5.74) is 1.71. The predicted molar refractivity (Wildman–Crippen MR) is 112 cm³/mol. The molecule has 0 aliphatic carbocycles. The molecule has 0 spiro atoms. The van der Waals surface area contributed by atoms with E-state index in [-0.39, 0.29) is 10.8 Å². The number of anilines is 1. The summed E-state index contributed by atoms with van der Waals surface area (Å²) in [7, 11) is -3.44. The number of sulfonamides is 1. The number of carbonyl (C=O) groups excluding carboxylic acids is 1. The van der Waals surface area contributed by atoms with Gasteiger partial charge in [0.1, 0.15) is 0 Å². The fourth-order valence-corrected chi connectivity index (χ4v) is 4.56. The Morgan fingerprint density at radius 3 is 2.11 bits per heavy atom. The second-order valence-electron chi connectivity index (χ2n) is 6.01. The molecule has 0 unspecified atom stereocenters.